The van der Waals surface area contributed by atoms with Gasteiger partial charge in [0.2, 0.25) is 5.91 Å². The highest BCUT2D eigenvalue weighted by molar-refractivity contribution is 5.82. The summed E-state index contributed by atoms with van der Waals surface area (Å²) in [5.74, 6) is -1.38. The zero-order valence-electron chi connectivity index (χ0n) is 9.28. The molecule has 0 aromatic heterocycles. The minimum Gasteiger partial charge on any atom is -0.481 e. The number of carboxylic acid groups (broad SMARTS) is 1. The van der Waals surface area contributed by atoms with Crippen molar-refractivity contribution in [2.75, 3.05) is 6.54 Å². The van der Waals surface area contributed by atoms with E-state index in [2.05, 4.69) is 11.1 Å². The van der Waals surface area contributed by atoms with Gasteiger partial charge in [-0.15, -0.1) is 0 Å². The maximum absolute atomic E-state index is 11.3. The number of carbonyl (C=O) groups excluding carboxylic acids is 2. The molecular formula is C10H19N2O4+. The number of hydrogen-bond acceptors (Lipinski definition) is 3. The Balaban J connectivity index is 3.74. The van der Waals surface area contributed by atoms with E-state index in [0.29, 0.717) is 12.7 Å². The number of quaternary nitrogens is 1. The molecule has 0 aliphatic rings. The van der Waals surface area contributed by atoms with Gasteiger partial charge in [-0.3, -0.25) is 9.59 Å². The third kappa shape index (κ3) is 7.93. The van der Waals surface area contributed by atoms with Crippen molar-refractivity contribution in [1.29, 1.82) is 0 Å². The number of nitrogens with one attached hydrogen (secondary N) is 1. The second-order valence-electron chi connectivity index (χ2n) is 3.57. The van der Waals surface area contributed by atoms with Crippen molar-refractivity contribution < 1.29 is 25.2 Å². The van der Waals surface area contributed by atoms with Crippen LogP contribution in [-0.4, -0.2) is 35.9 Å². The molecule has 0 radical (unpaired) electrons. The average molecular weight is 231 g/mol. The lowest BCUT2D eigenvalue weighted by atomic mass is 10.1. The van der Waals surface area contributed by atoms with Crippen LogP contribution in [0.3, 0.4) is 0 Å². The van der Waals surface area contributed by atoms with Gasteiger partial charge >= 0.3 is 5.97 Å². The topological polar surface area (TPSA) is 111 Å². The van der Waals surface area contributed by atoms with E-state index in [1.54, 1.807) is 0 Å². The van der Waals surface area contributed by atoms with Crippen LogP contribution in [0, 0.1) is 0 Å². The number of rotatable bonds is 9. The van der Waals surface area contributed by atoms with E-state index in [4.69, 9.17) is 5.11 Å². The number of amides is 1. The summed E-state index contributed by atoms with van der Waals surface area (Å²) in [6, 6.07) is -0.919. The molecule has 92 valence electrons. The van der Waals surface area contributed by atoms with Gasteiger partial charge in [-0.25, -0.2) is 0 Å². The summed E-state index contributed by atoms with van der Waals surface area (Å²) in [6.45, 7) is 0.845. The average Bonchev–Trinajstić information content (AvgIpc) is 2.23. The van der Waals surface area contributed by atoms with Crippen molar-refractivity contribution >= 4 is 18.2 Å². The fourth-order valence-electron chi connectivity index (χ4n) is 1.24. The Hall–Kier alpha value is -1.43. The number of carboxylic acids is 1. The molecule has 0 aliphatic heterocycles. The predicted molar refractivity (Wildman–Crippen MR) is 56.5 cm³/mol. The second kappa shape index (κ2) is 8.84. The van der Waals surface area contributed by atoms with E-state index in [-0.39, 0.29) is 12.3 Å². The Morgan fingerprint density at radius 2 is 2.00 bits per heavy atom. The lowest BCUT2D eigenvalue weighted by Crippen LogP contribution is -2.50. The Morgan fingerprint density at radius 1 is 1.31 bits per heavy atom. The van der Waals surface area contributed by atoms with E-state index in [9.17, 15) is 14.4 Å². The second-order valence-corrected chi connectivity index (χ2v) is 3.57. The monoisotopic (exact) mass is 231 g/mol. The van der Waals surface area contributed by atoms with Crippen LogP contribution < -0.4 is 11.1 Å². The van der Waals surface area contributed by atoms with Crippen LogP contribution in [0.15, 0.2) is 0 Å². The molecular weight excluding hydrogens is 212 g/mol. The van der Waals surface area contributed by atoms with E-state index in [1.807, 2.05) is 0 Å². The smallest absolute Gasteiger partial charge is 0.305 e. The maximum atomic E-state index is 11.3. The lowest BCUT2D eigenvalue weighted by Gasteiger charge is -2.09. The lowest BCUT2D eigenvalue weighted by molar-refractivity contribution is -0.368. The van der Waals surface area contributed by atoms with Crippen molar-refractivity contribution in [1.82, 2.24) is 5.32 Å². The third-order valence-corrected chi connectivity index (χ3v) is 2.06. The van der Waals surface area contributed by atoms with Gasteiger partial charge < -0.3 is 21.0 Å². The van der Waals surface area contributed by atoms with Gasteiger partial charge in [0.1, 0.15) is 6.29 Å². The van der Waals surface area contributed by atoms with Crippen LogP contribution in [0.5, 0.6) is 0 Å². The highest BCUT2D eigenvalue weighted by atomic mass is 16.4. The fourth-order valence-corrected chi connectivity index (χ4v) is 1.24. The van der Waals surface area contributed by atoms with Gasteiger partial charge in [0.15, 0.2) is 0 Å². The van der Waals surface area contributed by atoms with Crippen molar-refractivity contribution in [3.63, 3.8) is 0 Å². The first-order chi connectivity index (χ1) is 7.60. The molecule has 1 amide bonds. The number of unbranched alkanes of at least 4 members (excludes halogenated alkanes) is 2. The van der Waals surface area contributed by atoms with E-state index in [1.165, 1.54) is 0 Å². The predicted octanol–water partition coefficient (Wildman–Crippen LogP) is -1.05. The van der Waals surface area contributed by atoms with E-state index in [0.717, 1.165) is 25.8 Å². The molecule has 0 saturated carbocycles. The Labute approximate surface area is 94.2 Å². The quantitative estimate of drug-likeness (QED) is 0.347. The van der Waals surface area contributed by atoms with Gasteiger partial charge in [-0.2, -0.15) is 0 Å². The molecule has 0 heterocycles. The summed E-state index contributed by atoms with van der Waals surface area (Å²) in [6.07, 6.45) is 3.03. The van der Waals surface area contributed by atoms with Crippen LogP contribution in [-0.2, 0) is 14.4 Å². The largest absolute Gasteiger partial charge is 0.481 e. The molecule has 0 aromatic rings. The van der Waals surface area contributed by atoms with E-state index >= 15 is 0 Å². The number of aliphatic carboxylic acids is 1. The minimum absolute atomic E-state index is 0.276. The van der Waals surface area contributed by atoms with Gasteiger partial charge in [-0.1, -0.05) is 0 Å². The molecule has 0 rings (SSSR count). The molecule has 5 N–H and O–H groups in total. The minimum atomic E-state index is -1.10. The summed E-state index contributed by atoms with van der Waals surface area (Å²) in [5.41, 5.74) is 3.68. The first kappa shape index (κ1) is 14.6. The number of aldehydes is 1. The van der Waals surface area contributed by atoms with Gasteiger partial charge in [0.05, 0.1) is 19.0 Å². The van der Waals surface area contributed by atoms with Gasteiger partial charge in [0, 0.05) is 6.42 Å². The first-order valence-electron chi connectivity index (χ1n) is 5.35. The molecule has 0 saturated heterocycles. The third-order valence-electron chi connectivity index (χ3n) is 2.06. The Kier molecular flexibility index (Phi) is 8.05. The van der Waals surface area contributed by atoms with Crippen LogP contribution in [0.2, 0.25) is 0 Å². The van der Waals surface area contributed by atoms with Gasteiger partial charge in [0.25, 0.3) is 0 Å². The fraction of sp³-hybridized carbons (Fsp3) is 0.700. The van der Waals surface area contributed by atoms with Crippen molar-refractivity contribution in [3.8, 4) is 0 Å². The molecule has 0 fully saturated rings. The summed E-state index contributed by atoms with van der Waals surface area (Å²) in [7, 11) is 0. The maximum Gasteiger partial charge on any atom is 0.305 e. The SMILES string of the molecule is [NH3+]CCCCCC(=O)N[C@H](C=O)CC(=O)O. The number of carbonyl (C=O) groups is 3. The Morgan fingerprint density at radius 3 is 2.50 bits per heavy atom. The zero-order chi connectivity index (χ0) is 12.4. The first-order valence-corrected chi connectivity index (χ1v) is 5.35. The molecule has 16 heavy (non-hydrogen) atoms. The van der Waals surface area contributed by atoms with Crippen LogP contribution >= 0.6 is 0 Å². The highest BCUT2D eigenvalue weighted by Crippen LogP contribution is 1.99. The van der Waals surface area contributed by atoms with Gasteiger partial charge in [-0.05, 0) is 19.3 Å². The molecule has 0 aliphatic carbocycles. The van der Waals surface area contributed by atoms with Crippen LogP contribution in [0.4, 0.5) is 0 Å². The normalized spacial score (nSPS) is 11.8. The number of hydrogen-bond donors (Lipinski definition) is 3. The summed E-state index contributed by atoms with van der Waals surface area (Å²) in [5, 5.41) is 10.8. The Bertz CT molecular complexity index is 243. The molecule has 0 spiro atoms. The summed E-state index contributed by atoms with van der Waals surface area (Å²) >= 11 is 0. The van der Waals surface area contributed by atoms with Crippen molar-refractivity contribution in [2.24, 2.45) is 0 Å². The molecule has 1 atom stereocenters. The molecule has 6 nitrogen and oxygen atoms in total. The molecule has 0 bridgehead atoms. The van der Waals surface area contributed by atoms with Crippen molar-refractivity contribution in [2.45, 2.75) is 38.1 Å². The van der Waals surface area contributed by atoms with Crippen molar-refractivity contribution in [3.05, 3.63) is 0 Å². The van der Waals surface area contributed by atoms with Crippen LogP contribution in [0.1, 0.15) is 32.1 Å². The summed E-state index contributed by atoms with van der Waals surface area (Å²) in [4.78, 5) is 32.1. The summed E-state index contributed by atoms with van der Waals surface area (Å²) < 4.78 is 0. The zero-order valence-corrected chi connectivity index (χ0v) is 9.28. The molecule has 6 heteroatoms. The molecule has 0 unspecified atom stereocenters. The highest BCUT2D eigenvalue weighted by Gasteiger charge is 2.14. The van der Waals surface area contributed by atoms with E-state index < -0.39 is 12.0 Å². The standard InChI is InChI=1S/C10H18N2O4/c11-5-3-1-2-4-9(14)12-8(7-13)6-10(15)16/h7-8H,1-6,11H2,(H,12,14)(H,15,16)/p+1/t8-/m0/s1. The molecule has 0 aromatic carbocycles. The van der Waals surface area contributed by atoms with Crippen LogP contribution in [0.25, 0.3) is 0 Å².